The maximum Gasteiger partial charge on any atom is 0.304 e. The van der Waals surface area contributed by atoms with Crippen LogP contribution in [0.3, 0.4) is 0 Å². The average molecular weight is 320 g/mol. The molecule has 1 aromatic rings. The highest BCUT2D eigenvalue weighted by atomic mass is 32.2. The van der Waals surface area contributed by atoms with Gasteiger partial charge in [0, 0.05) is 25.3 Å². The lowest BCUT2D eigenvalue weighted by molar-refractivity contribution is -0.387. The zero-order valence-electron chi connectivity index (χ0n) is 11.5. The van der Waals surface area contributed by atoms with E-state index in [0.29, 0.717) is 18.9 Å². The van der Waals surface area contributed by atoms with Crippen LogP contribution in [0.25, 0.3) is 0 Å². The number of nitro groups is 1. The Balaban J connectivity index is 2.71. The van der Waals surface area contributed by atoms with Crippen LogP contribution in [0.15, 0.2) is 23.1 Å². The molecular formula is C12H17FN2O5S. The number of halogens is 1. The minimum atomic E-state index is -3.91. The Morgan fingerprint density at radius 3 is 2.67 bits per heavy atom. The fourth-order valence-corrected chi connectivity index (χ4v) is 2.72. The first-order valence-electron chi connectivity index (χ1n) is 6.32. The van der Waals surface area contributed by atoms with Crippen LogP contribution in [0.1, 0.15) is 19.8 Å². The van der Waals surface area contributed by atoms with Crippen molar-refractivity contribution >= 4 is 15.7 Å². The second kappa shape index (κ2) is 7.43. The second-order valence-corrected chi connectivity index (χ2v) is 6.47. The Morgan fingerprint density at radius 2 is 2.14 bits per heavy atom. The molecule has 0 aliphatic rings. The van der Waals surface area contributed by atoms with Crippen LogP contribution < -0.4 is 4.72 Å². The fraction of sp³-hybridized carbons (Fsp3) is 0.500. The summed E-state index contributed by atoms with van der Waals surface area (Å²) in [6, 6.07) is 2.43. The summed E-state index contributed by atoms with van der Waals surface area (Å²) in [7, 11) is -3.91. The van der Waals surface area contributed by atoms with Gasteiger partial charge in [-0.15, -0.1) is 0 Å². The van der Waals surface area contributed by atoms with E-state index in [-0.39, 0.29) is 24.0 Å². The number of nitrogens with zero attached hydrogens (tertiary/aromatic N) is 1. The van der Waals surface area contributed by atoms with E-state index in [9.17, 15) is 22.9 Å². The molecule has 0 saturated heterocycles. The summed E-state index contributed by atoms with van der Waals surface area (Å²) in [5, 5.41) is 19.3. The van der Waals surface area contributed by atoms with Crippen molar-refractivity contribution in [1.82, 2.24) is 4.72 Å². The summed E-state index contributed by atoms with van der Waals surface area (Å²) in [5.74, 6) is -1.12. The molecular weight excluding hydrogens is 303 g/mol. The smallest absolute Gasteiger partial charge is 0.304 e. The van der Waals surface area contributed by atoms with Gasteiger partial charge in [0.05, 0.1) is 9.82 Å². The van der Waals surface area contributed by atoms with E-state index in [4.69, 9.17) is 5.11 Å². The second-order valence-electron chi connectivity index (χ2n) is 4.70. The lowest BCUT2D eigenvalue weighted by Gasteiger charge is -2.09. The van der Waals surface area contributed by atoms with Crippen LogP contribution >= 0.6 is 0 Å². The van der Waals surface area contributed by atoms with E-state index in [1.165, 1.54) is 0 Å². The lowest BCUT2D eigenvalue weighted by Crippen LogP contribution is -2.25. The molecule has 1 aromatic carbocycles. The van der Waals surface area contributed by atoms with Crippen LogP contribution in [-0.4, -0.2) is 31.6 Å². The Hall–Kier alpha value is -1.58. The van der Waals surface area contributed by atoms with Gasteiger partial charge in [-0.2, -0.15) is 4.39 Å². The molecule has 0 aliphatic heterocycles. The SMILES string of the molecule is CC(CO)CCCNS(=O)(=O)c1ccc([N+](=O)[O-])c(F)c1. The van der Waals surface area contributed by atoms with E-state index in [1.807, 2.05) is 6.92 Å². The predicted octanol–water partition coefficient (Wildman–Crippen LogP) is 1.42. The number of nitro benzene ring substituents is 1. The van der Waals surface area contributed by atoms with Gasteiger partial charge in [0.25, 0.3) is 0 Å². The van der Waals surface area contributed by atoms with Crippen LogP contribution in [0.4, 0.5) is 10.1 Å². The topological polar surface area (TPSA) is 110 Å². The minimum absolute atomic E-state index is 0.0281. The first kappa shape index (κ1) is 17.5. The summed E-state index contributed by atoms with van der Waals surface area (Å²) in [4.78, 5) is 9.18. The Morgan fingerprint density at radius 1 is 1.48 bits per heavy atom. The van der Waals surface area contributed by atoms with Crippen molar-refractivity contribution in [3.05, 3.63) is 34.1 Å². The van der Waals surface area contributed by atoms with Gasteiger partial charge in [0.1, 0.15) is 0 Å². The number of aliphatic hydroxyl groups is 1. The maximum atomic E-state index is 13.4. The van der Waals surface area contributed by atoms with Crippen molar-refractivity contribution in [3.63, 3.8) is 0 Å². The molecule has 0 aliphatic carbocycles. The van der Waals surface area contributed by atoms with E-state index in [1.54, 1.807) is 0 Å². The molecule has 0 aromatic heterocycles. The number of sulfonamides is 1. The van der Waals surface area contributed by atoms with Crippen molar-refractivity contribution in [2.45, 2.75) is 24.7 Å². The van der Waals surface area contributed by atoms with Gasteiger partial charge in [0.15, 0.2) is 0 Å². The van der Waals surface area contributed by atoms with Crippen molar-refractivity contribution < 1.29 is 22.8 Å². The molecule has 0 fully saturated rings. The quantitative estimate of drug-likeness (QED) is 0.428. The zero-order chi connectivity index (χ0) is 16.0. The van der Waals surface area contributed by atoms with Gasteiger partial charge in [-0.3, -0.25) is 10.1 Å². The van der Waals surface area contributed by atoms with Gasteiger partial charge < -0.3 is 5.11 Å². The Kier molecular flexibility index (Phi) is 6.19. The number of aliphatic hydroxyl groups excluding tert-OH is 1. The largest absolute Gasteiger partial charge is 0.396 e. The Bertz CT molecular complexity index is 606. The molecule has 21 heavy (non-hydrogen) atoms. The van der Waals surface area contributed by atoms with E-state index in [0.717, 1.165) is 12.1 Å². The van der Waals surface area contributed by atoms with Gasteiger partial charge in [0.2, 0.25) is 15.8 Å². The molecule has 0 spiro atoms. The van der Waals surface area contributed by atoms with Crippen molar-refractivity contribution in [2.24, 2.45) is 5.92 Å². The van der Waals surface area contributed by atoms with E-state index >= 15 is 0 Å². The molecule has 0 amide bonds. The molecule has 1 rings (SSSR count). The molecule has 9 heteroatoms. The molecule has 1 atom stereocenters. The first-order valence-corrected chi connectivity index (χ1v) is 7.80. The molecule has 2 N–H and O–H groups in total. The lowest BCUT2D eigenvalue weighted by atomic mass is 10.1. The molecule has 1 unspecified atom stereocenters. The standard InChI is InChI=1S/C12H17FN2O5S/c1-9(8-16)3-2-6-14-21(19,20)10-4-5-12(15(17)18)11(13)7-10/h4-5,7,9,14,16H,2-3,6,8H2,1H3. The van der Waals surface area contributed by atoms with Crippen LogP contribution in [-0.2, 0) is 10.0 Å². The minimum Gasteiger partial charge on any atom is -0.396 e. The third-order valence-corrected chi connectivity index (χ3v) is 4.36. The van der Waals surface area contributed by atoms with Crippen molar-refractivity contribution in [2.75, 3.05) is 13.2 Å². The summed E-state index contributed by atoms with van der Waals surface area (Å²) < 4.78 is 39.5. The fourth-order valence-electron chi connectivity index (χ4n) is 1.63. The van der Waals surface area contributed by atoms with Gasteiger partial charge in [-0.25, -0.2) is 13.1 Å². The number of hydrogen-bond donors (Lipinski definition) is 2. The van der Waals surface area contributed by atoms with Crippen LogP contribution in [0.2, 0.25) is 0 Å². The average Bonchev–Trinajstić information content (AvgIpc) is 2.42. The molecule has 7 nitrogen and oxygen atoms in total. The normalized spacial score (nSPS) is 13.1. The van der Waals surface area contributed by atoms with E-state index < -0.39 is 26.5 Å². The number of hydrogen-bond acceptors (Lipinski definition) is 5. The number of rotatable bonds is 8. The monoisotopic (exact) mass is 320 g/mol. The highest BCUT2D eigenvalue weighted by molar-refractivity contribution is 7.89. The highest BCUT2D eigenvalue weighted by Gasteiger charge is 2.20. The zero-order valence-corrected chi connectivity index (χ0v) is 12.3. The number of nitrogens with one attached hydrogen (secondary N) is 1. The maximum absolute atomic E-state index is 13.4. The summed E-state index contributed by atoms with van der Waals surface area (Å²) in [5.41, 5.74) is -0.772. The predicted molar refractivity (Wildman–Crippen MR) is 73.7 cm³/mol. The third-order valence-electron chi connectivity index (χ3n) is 2.90. The molecule has 0 radical (unpaired) electrons. The van der Waals surface area contributed by atoms with Crippen molar-refractivity contribution in [1.29, 1.82) is 0 Å². The summed E-state index contributed by atoms with van der Waals surface area (Å²) >= 11 is 0. The first-order chi connectivity index (χ1) is 9.77. The summed E-state index contributed by atoms with van der Waals surface area (Å²) in [6.45, 7) is 2.01. The Labute approximate surface area is 122 Å². The van der Waals surface area contributed by atoms with Crippen LogP contribution in [0.5, 0.6) is 0 Å². The van der Waals surface area contributed by atoms with E-state index in [2.05, 4.69) is 4.72 Å². The summed E-state index contributed by atoms with van der Waals surface area (Å²) in [6.07, 6.45) is 1.17. The highest BCUT2D eigenvalue weighted by Crippen LogP contribution is 2.20. The molecule has 118 valence electrons. The molecule has 0 heterocycles. The van der Waals surface area contributed by atoms with Gasteiger partial charge in [-0.1, -0.05) is 6.92 Å². The molecule has 0 bridgehead atoms. The van der Waals surface area contributed by atoms with Crippen LogP contribution in [0, 0.1) is 21.8 Å². The molecule has 0 saturated carbocycles. The van der Waals surface area contributed by atoms with Gasteiger partial charge >= 0.3 is 5.69 Å². The van der Waals surface area contributed by atoms with Gasteiger partial charge in [-0.05, 0) is 24.8 Å². The number of benzene rings is 1. The third kappa shape index (κ3) is 5.03. The van der Waals surface area contributed by atoms with Crippen molar-refractivity contribution in [3.8, 4) is 0 Å².